The maximum absolute atomic E-state index is 4.54. The van der Waals surface area contributed by atoms with Gasteiger partial charge in [-0.15, -0.1) is 10.2 Å². The van der Waals surface area contributed by atoms with Crippen LogP contribution in [0.25, 0.3) is 16.7 Å². The fraction of sp³-hybridized carbons (Fsp3) is 0. The van der Waals surface area contributed by atoms with Gasteiger partial charge < -0.3 is 5.32 Å². The molecule has 0 saturated heterocycles. The van der Waals surface area contributed by atoms with E-state index in [0.29, 0.717) is 5.78 Å². The highest BCUT2D eigenvalue weighted by atomic mass is 15.3. The summed E-state index contributed by atoms with van der Waals surface area (Å²) in [5, 5.41) is 12.3. The van der Waals surface area contributed by atoms with Crippen LogP contribution in [0.4, 0.5) is 11.5 Å². The topological polar surface area (TPSA) is 55.1 Å². The van der Waals surface area contributed by atoms with Crippen LogP contribution in [-0.2, 0) is 0 Å². The highest BCUT2D eigenvalue weighted by molar-refractivity contribution is 5.92. The van der Waals surface area contributed by atoms with Gasteiger partial charge in [-0.3, -0.25) is 4.40 Å². The molecule has 5 nitrogen and oxygen atoms in total. The van der Waals surface area contributed by atoms with Crippen LogP contribution in [0.3, 0.4) is 0 Å². The summed E-state index contributed by atoms with van der Waals surface area (Å²) in [6, 6.07) is 18.0. The predicted molar refractivity (Wildman–Crippen MR) is 78.0 cm³/mol. The normalized spacial score (nSPS) is 11.0. The van der Waals surface area contributed by atoms with E-state index in [1.165, 1.54) is 0 Å². The first kappa shape index (κ1) is 10.9. The van der Waals surface area contributed by atoms with Crippen LogP contribution in [0.15, 0.2) is 60.9 Å². The van der Waals surface area contributed by atoms with Crippen molar-refractivity contribution in [2.75, 3.05) is 5.32 Å². The maximum Gasteiger partial charge on any atom is 0.257 e. The van der Waals surface area contributed by atoms with Crippen molar-refractivity contribution in [3.8, 4) is 0 Å². The Balaban J connectivity index is 1.96. The van der Waals surface area contributed by atoms with Gasteiger partial charge in [0.25, 0.3) is 5.78 Å². The Labute approximate surface area is 114 Å². The van der Waals surface area contributed by atoms with Crippen molar-refractivity contribution in [3.63, 3.8) is 0 Å². The monoisotopic (exact) mass is 261 g/mol. The summed E-state index contributed by atoms with van der Waals surface area (Å²) in [6.45, 7) is 0. The second-order valence-electron chi connectivity index (χ2n) is 4.47. The number of para-hydroxylation sites is 2. The second-order valence-corrected chi connectivity index (χ2v) is 4.47. The molecule has 0 atom stereocenters. The lowest BCUT2D eigenvalue weighted by Crippen LogP contribution is -1.99. The van der Waals surface area contributed by atoms with Crippen molar-refractivity contribution >= 4 is 28.2 Å². The summed E-state index contributed by atoms with van der Waals surface area (Å²) >= 11 is 0. The van der Waals surface area contributed by atoms with Crippen molar-refractivity contribution in [1.82, 2.24) is 19.6 Å². The Morgan fingerprint density at radius 2 is 1.70 bits per heavy atom. The molecule has 0 radical (unpaired) electrons. The molecule has 0 aliphatic carbocycles. The average Bonchev–Trinajstić information content (AvgIpc) is 2.97. The maximum atomic E-state index is 4.54. The number of hydrogen-bond acceptors (Lipinski definition) is 4. The molecule has 0 aliphatic rings. The minimum absolute atomic E-state index is 0.585. The molecule has 4 aromatic rings. The van der Waals surface area contributed by atoms with E-state index in [1.54, 1.807) is 6.33 Å². The van der Waals surface area contributed by atoms with Gasteiger partial charge in [0.2, 0.25) is 0 Å². The van der Waals surface area contributed by atoms with Crippen LogP contribution in [0.2, 0.25) is 0 Å². The summed E-state index contributed by atoms with van der Waals surface area (Å²) in [6.07, 6.45) is 1.68. The zero-order chi connectivity index (χ0) is 13.4. The van der Waals surface area contributed by atoms with Crippen LogP contribution in [-0.4, -0.2) is 19.6 Å². The Morgan fingerprint density at radius 1 is 0.900 bits per heavy atom. The van der Waals surface area contributed by atoms with Crippen molar-refractivity contribution in [2.45, 2.75) is 0 Å². The van der Waals surface area contributed by atoms with E-state index in [9.17, 15) is 0 Å². The fourth-order valence-corrected chi connectivity index (χ4v) is 2.27. The zero-order valence-corrected chi connectivity index (χ0v) is 10.6. The molecule has 0 amide bonds. The number of rotatable bonds is 2. The number of benzene rings is 2. The summed E-state index contributed by atoms with van der Waals surface area (Å²) in [5.74, 6) is 1.37. The molecular formula is C15H11N5. The molecule has 5 heteroatoms. The molecule has 0 bridgehead atoms. The van der Waals surface area contributed by atoms with Gasteiger partial charge >= 0.3 is 0 Å². The van der Waals surface area contributed by atoms with Crippen LogP contribution in [0.1, 0.15) is 0 Å². The third-order valence-electron chi connectivity index (χ3n) is 3.20. The summed E-state index contributed by atoms with van der Waals surface area (Å²) in [4.78, 5) is 4.54. The fourth-order valence-electron chi connectivity index (χ4n) is 2.27. The molecular weight excluding hydrogens is 250 g/mol. The van der Waals surface area contributed by atoms with Crippen LogP contribution in [0.5, 0.6) is 0 Å². The molecule has 2 heterocycles. The number of nitrogens with zero attached hydrogens (tertiary/aromatic N) is 4. The minimum Gasteiger partial charge on any atom is -0.340 e. The first-order chi connectivity index (χ1) is 9.92. The molecule has 0 unspecified atom stereocenters. The van der Waals surface area contributed by atoms with Gasteiger partial charge in [-0.25, -0.2) is 0 Å². The first-order valence-corrected chi connectivity index (χ1v) is 6.32. The second kappa shape index (κ2) is 4.31. The molecule has 0 spiro atoms. The first-order valence-electron chi connectivity index (χ1n) is 6.32. The third-order valence-corrected chi connectivity index (χ3v) is 3.20. The third kappa shape index (κ3) is 1.68. The number of nitrogens with one attached hydrogen (secondary N) is 1. The van der Waals surface area contributed by atoms with E-state index in [-0.39, 0.29) is 0 Å². The van der Waals surface area contributed by atoms with E-state index in [1.807, 2.05) is 59.0 Å². The lowest BCUT2D eigenvalue weighted by atomic mass is 10.2. The molecule has 2 aromatic heterocycles. The lowest BCUT2D eigenvalue weighted by molar-refractivity contribution is 1.10. The lowest BCUT2D eigenvalue weighted by Gasteiger charge is -2.09. The number of hydrogen-bond donors (Lipinski definition) is 1. The highest BCUT2D eigenvalue weighted by Crippen LogP contribution is 2.25. The van der Waals surface area contributed by atoms with E-state index in [2.05, 4.69) is 20.5 Å². The number of fused-ring (bicyclic) bond motifs is 3. The minimum atomic E-state index is 0.585. The summed E-state index contributed by atoms with van der Waals surface area (Å²) in [5.41, 5.74) is 2.02. The van der Waals surface area contributed by atoms with Crippen molar-refractivity contribution in [1.29, 1.82) is 0 Å². The van der Waals surface area contributed by atoms with E-state index in [0.717, 1.165) is 22.4 Å². The van der Waals surface area contributed by atoms with Gasteiger partial charge in [0.1, 0.15) is 12.1 Å². The predicted octanol–water partition coefficient (Wildman–Crippen LogP) is 3.02. The largest absolute Gasteiger partial charge is 0.340 e. The summed E-state index contributed by atoms with van der Waals surface area (Å²) in [7, 11) is 0. The van der Waals surface area contributed by atoms with Crippen molar-refractivity contribution in [3.05, 3.63) is 60.9 Å². The Kier molecular flexibility index (Phi) is 2.35. The quantitative estimate of drug-likeness (QED) is 0.602. The summed E-state index contributed by atoms with van der Waals surface area (Å²) < 4.78 is 1.88. The molecule has 0 saturated carbocycles. The van der Waals surface area contributed by atoms with Gasteiger partial charge in [-0.1, -0.05) is 30.3 Å². The Bertz CT molecular complexity index is 882. The SMILES string of the molecule is c1ccc(Nc2nc3nncn3c3ccccc23)cc1. The van der Waals surface area contributed by atoms with Crippen molar-refractivity contribution in [2.24, 2.45) is 0 Å². The van der Waals surface area contributed by atoms with E-state index < -0.39 is 0 Å². The standard InChI is InChI=1S/C15H11N5/c1-2-6-11(7-3-1)17-14-12-8-4-5-9-13(12)20-10-16-19-15(20)18-14/h1-10H,(H,17,18,19). The van der Waals surface area contributed by atoms with E-state index >= 15 is 0 Å². The van der Waals surface area contributed by atoms with Crippen LogP contribution in [0, 0.1) is 0 Å². The highest BCUT2D eigenvalue weighted by Gasteiger charge is 2.08. The zero-order valence-electron chi connectivity index (χ0n) is 10.6. The van der Waals surface area contributed by atoms with Crippen molar-refractivity contribution < 1.29 is 0 Å². The van der Waals surface area contributed by atoms with Gasteiger partial charge in [-0.05, 0) is 24.3 Å². The molecule has 4 rings (SSSR count). The molecule has 0 aliphatic heterocycles. The van der Waals surface area contributed by atoms with Gasteiger partial charge in [0.15, 0.2) is 0 Å². The Hall–Kier alpha value is -2.95. The molecule has 2 aromatic carbocycles. The number of aromatic nitrogens is 4. The van der Waals surface area contributed by atoms with Gasteiger partial charge in [-0.2, -0.15) is 4.98 Å². The van der Waals surface area contributed by atoms with Gasteiger partial charge in [0, 0.05) is 11.1 Å². The molecule has 1 N–H and O–H groups in total. The van der Waals surface area contributed by atoms with Crippen LogP contribution >= 0.6 is 0 Å². The molecule has 20 heavy (non-hydrogen) atoms. The average molecular weight is 261 g/mol. The van der Waals surface area contributed by atoms with Gasteiger partial charge in [0.05, 0.1) is 5.52 Å². The van der Waals surface area contributed by atoms with Crippen LogP contribution < -0.4 is 5.32 Å². The van der Waals surface area contributed by atoms with E-state index in [4.69, 9.17) is 0 Å². The Morgan fingerprint density at radius 3 is 2.60 bits per heavy atom. The smallest absolute Gasteiger partial charge is 0.257 e. The molecule has 96 valence electrons. The molecule has 0 fully saturated rings. The number of anilines is 2.